The number of nitrogens with zero attached hydrogens (tertiary/aromatic N) is 2. The fraction of sp³-hybridized carbons (Fsp3) is 0.500. The first-order valence-electron chi connectivity index (χ1n) is 14.2. The van der Waals surface area contributed by atoms with Gasteiger partial charge in [0, 0.05) is 36.9 Å². The first-order valence-corrected chi connectivity index (χ1v) is 14.2. The topological polar surface area (TPSA) is 123 Å². The predicted octanol–water partition coefficient (Wildman–Crippen LogP) is 4.66. The molecule has 2 aromatic rings. The lowest BCUT2D eigenvalue weighted by Crippen LogP contribution is -2.52. The number of aliphatic hydroxyl groups excluding tert-OH is 1. The maximum Gasteiger partial charge on any atom is 0.323 e. The van der Waals surface area contributed by atoms with Crippen molar-refractivity contribution in [2.45, 2.75) is 64.1 Å². The normalized spacial score (nSPS) is 20.1. The number of hydrogen-bond acceptors (Lipinski definition) is 5. The van der Waals surface area contributed by atoms with Crippen molar-refractivity contribution < 1.29 is 28.6 Å². The molecule has 4 N–H and O–H groups in total. The maximum atomic E-state index is 13.7. The van der Waals surface area contributed by atoms with E-state index in [1.54, 1.807) is 35.9 Å². The minimum atomic E-state index is -0.562. The summed E-state index contributed by atoms with van der Waals surface area (Å²) in [4.78, 5) is 42.4. The maximum absolute atomic E-state index is 13.7. The van der Waals surface area contributed by atoms with Gasteiger partial charge in [-0.2, -0.15) is 0 Å². The number of carbonyl (C=O) groups is 3. The number of halogens is 1. The molecule has 1 aliphatic carbocycles. The second-order valence-electron chi connectivity index (χ2n) is 11.1. The Balaban J connectivity index is 1.52. The second-order valence-corrected chi connectivity index (χ2v) is 11.1. The van der Waals surface area contributed by atoms with E-state index in [0.29, 0.717) is 30.2 Å². The van der Waals surface area contributed by atoms with Gasteiger partial charge < -0.3 is 35.6 Å². The first kappa shape index (κ1) is 30.1. The molecule has 0 aromatic heterocycles. The second kappa shape index (κ2) is 13.7. The number of amides is 5. The van der Waals surface area contributed by atoms with Gasteiger partial charge in [-0.25, -0.2) is 14.0 Å². The molecule has 2 aliphatic rings. The minimum Gasteiger partial charge on any atom is -0.487 e. The molecular weight excluding hydrogens is 529 g/mol. The predicted molar refractivity (Wildman–Crippen MR) is 155 cm³/mol. The van der Waals surface area contributed by atoms with E-state index in [1.165, 1.54) is 36.8 Å². The highest BCUT2D eigenvalue weighted by atomic mass is 19.1. The standard InChI is InChI=1S/C30H40FN5O5/c1-19-16-36(20(2)18-37)28(38)25-15-24(33-29(39)32-23-11-9-21(31)10-12-23)13-14-26(25)41-27(19)17-35(3)30(40)34-22-7-5-4-6-8-22/h9-15,19-20,22,27,37H,4-8,16-18H2,1-3H3,(H,34,40)(H2,32,33,39)/t19-,20-,27-/m1/s1. The van der Waals surface area contributed by atoms with Crippen LogP contribution < -0.4 is 20.7 Å². The molecule has 0 spiro atoms. The summed E-state index contributed by atoms with van der Waals surface area (Å²) in [6.45, 7) is 4.12. The van der Waals surface area contributed by atoms with Crippen LogP contribution in [0, 0.1) is 11.7 Å². The highest BCUT2D eigenvalue weighted by Crippen LogP contribution is 2.31. The van der Waals surface area contributed by atoms with Gasteiger partial charge in [0.2, 0.25) is 0 Å². The van der Waals surface area contributed by atoms with Crippen molar-refractivity contribution in [2.75, 3.05) is 37.4 Å². The molecule has 222 valence electrons. The zero-order valence-electron chi connectivity index (χ0n) is 23.9. The Kier molecular flexibility index (Phi) is 10.0. The van der Waals surface area contributed by atoms with Crippen LogP contribution in [0.4, 0.5) is 25.4 Å². The van der Waals surface area contributed by atoms with Gasteiger partial charge in [0.1, 0.15) is 17.7 Å². The van der Waals surface area contributed by atoms with E-state index >= 15 is 0 Å². The largest absolute Gasteiger partial charge is 0.487 e. The summed E-state index contributed by atoms with van der Waals surface area (Å²) < 4.78 is 19.5. The van der Waals surface area contributed by atoms with Gasteiger partial charge in [-0.05, 0) is 62.2 Å². The molecule has 4 rings (SSSR count). The number of ether oxygens (including phenoxy) is 1. The molecule has 0 unspecified atom stereocenters. The van der Waals surface area contributed by atoms with Gasteiger partial charge in [0.15, 0.2) is 0 Å². The van der Waals surface area contributed by atoms with E-state index in [4.69, 9.17) is 4.74 Å². The van der Waals surface area contributed by atoms with Crippen LogP contribution in [-0.4, -0.2) is 77.8 Å². The number of aliphatic hydroxyl groups is 1. The smallest absolute Gasteiger partial charge is 0.323 e. The average molecular weight is 570 g/mol. The van der Waals surface area contributed by atoms with Crippen molar-refractivity contribution in [3.8, 4) is 5.75 Å². The summed E-state index contributed by atoms with van der Waals surface area (Å²) in [7, 11) is 1.74. The summed E-state index contributed by atoms with van der Waals surface area (Å²) in [6.07, 6.45) is 4.97. The third-order valence-electron chi connectivity index (χ3n) is 7.76. The Labute approximate surface area is 240 Å². The Morgan fingerprint density at radius 3 is 2.44 bits per heavy atom. The van der Waals surface area contributed by atoms with Gasteiger partial charge in [0.05, 0.1) is 24.8 Å². The first-order chi connectivity index (χ1) is 19.6. The molecule has 11 heteroatoms. The molecule has 3 atom stereocenters. The van der Waals surface area contributed by atoms with Crippen molar-refractivity contribution in [2.24, 2.45) is 5.92 Å². The van der Waals surface area contributed by atoms with Gasteiger partial charge in [-0.3, -0.25) is 4.79 Å². The summed E-state index contributed by atoms with van der Waals surface area (Å²) in [5, 5.41) is 18.3. The molecule has 5 amide bonds. The molecule has 0 bridgehead atoms. The summed E-state index contributed by atoms with van der Waals surface area (Å²) >= 11 is 0. The number of benzene rings is 2. The van der Waals surface area contributed by atoms with Crippen LogP contribution in [0.25, 0.3) is 0 Å². The monoisotopic (exact) mass is 569 g/mol. The highest BCUT2D eigenvalue weighted by Gasteiger charge is 2.34. The highest BCUT2D eigenvalue weighted by molar-refractivity contribution is 6.02. The van der Waals surface area contributed by atoms with Crippen LogP contribution in [0.3, 0.4) is 0 Å². The molecule has 1 heterocycles. The van der Waals surface area contributed by atoms with E-state index in [-0.39, 0.29) is 36.1 Å². The van der Waals surface area contributed by atoms with Crippen molar-refractivity contribution in [3.05, 3.63) is 53.8 Å². The molecule has 41 heavy (non-hydrogen) atoms. The Hall–Kier alpha value is -3.86. The van der Waals surface area contributed by atoms with Crippen LogP contribution in [0.15, 0.2) is 42.5 Å². The number of rotatable bonds is 7. The number of anilines is 2. The summed E-state index contributed by atoms with van der Waals surface area (Å²) in [5.74, 6) is -0.572. The molecule has 0 radical (unpaired) electrons. The lowest BCUT2D eigenvalue weighted by atomic mass is 9.96. The molecule has 1 fully saturated rings. The van der Waals surface area contributed by atoms with E-state index < -0.39 is 24.0 Å². The Morgan fingerprint density at radius 1 is 1.10 bits per heavy atom. The fourth-order valence-electron chi connectivity index (χ4n) is 5.23. The van der Waals surface area contributed by atoms with Crippen LogP contribution in [0.2, 0.25) is 0 Å². The molecule has 0 saturated heterocycles. The van der Waals surface area contributed by atoms with Crippen molar-refractivity contribution >= 4 is 29.3 Å². The SMILES string of the molecule is C[C@@H]1CN([C@H](C)CO)C(=O)c2cc(NC(=O)Nc3ccc(F)cc3)ccc2O[C@@H]1CN(C)C(=O)NC1CCCCC1. The number of urea groups is 2. The van der Waals surface area contributed by atoms with Gasteiger partial charge in [-0.1, -0.05) is 26.2 Å². The number of likely N-dealkylation sites (N-methyl/N-ethyl adjacent to an activating group) is 1. The molecule has 1 saturated carbocycles. The van der Waals surface area contributed by atoms with Crippen molar-refractivity contribution in [1.82, 2.24) is 15.1 Å². The lowest BCUT2D eigenvalue weighted by Gasteiger charge is -2.38. The third kappa shape index (κ3) is 7.87. The van der Waals surface area contributed by atoms with Crippen LogP contribution in [-0.2, 0) is 0 Å². The Morgan fingerprint density at radius 2 is 1.76 bits per heavy atom. The minimum absolute atomic E-state index is 0.148. The van der Waals surface area contributed by atoms with E-state index in [0.717, 1.165) is 25.7 Å². The number of fused-ring (bicyclic) bond motifs is 1. The van der Waals surface area contributed by atoms with Crippen LogP contribution in [0.5, 0.6) is 5.75 Å². The fourth-order valence-corrected chi connectivity index (χ4v) is 5.23. The van der Waals surface area contributed by atoms with Gasteiger partial charge >= 0.3 is 12.1 Å². The summed E-state index contributed by atoms with van der Waals surface area (Å²) in [5.41, 5.74) is 0.994. The molecule has 10 nitrogen and oxygen atoms in total. The van der Waals surface area contributed by atoms with Gasteiger partial charge in [0.25, 0.3) is 5.91 Å². The van der Waals surface area contributed by atoms with Crippen LogP contribution in [0.1, 0.15) is 56.3 Å². The number of nitrogens with one attached hydrogen (secondary N) is 3. The van der Waals surface area contributed by atoms with E-state index in [1.807, 2.05) is 6.92 Å². The lowest BCUT2D eigenvalue weighted by molar-refractivity contribution is 0.0366. The van der Waals surface area contributed by atoms with Crippen molar-refractivity contribution in [3.63, 3.8) is 0 Å². The third-order valence-corrected chi connectivity index (χ3v) is 7.76. The zero-order valence-corrected chi connectivity index (χ0v) is 23.9. The van der Waals surface area contributed by atoms with E-state index in [9.17, 15) is 23.9 Å². The molecule has 1 aliphatic heterocycles. The number of hydrogen-bond donors (Lipinski definition) is 4. The van der Waals surface area contributed by atoms with E-state index in [2.05, 4.69) is 16.0 Å². The summed E-state index contributed by atoms with van der Waals surface area (Å²) in [6, 6.07) is 9.14. The quantitative estimate of drug-likeness (QED) is 0.386. The zero-order chi connectivity index (χ0) is 29.5. The van der Waals surface area contributed by atoms with Crippen molar-refractivity contribution in [1.29, 1.82) is 0 Å². The average Bonchev–Trinajstić information content (AvgIpc) is 2.96. The van der Waals surface area contributed by atoms with Crippen LogP contribution >= 0.6 is 0 Å². The Bertz CT molecular complexity index is 1220. The number of carbonyl (C=O) groups excluding carboxylic acids is 3. The molecule has 2 aromatic carbocycles. The molecular formula is C30H40FN5O5. The van der Waals surface area contributed by atoms with Gasteiger partial charge in [-0.15, -0.1) is 0 Å².